The quantitative estimate of drug-likeness (QED) is 0.631. The lowest BCUT2D eigenvalue weighted by molar-refractivity contribution is 0.0392. The molecule has 0 amide bonds. The predicted octanol–water partition coefficient (Wildman–Crippen LogP) is 4.69. The molecule has 0 aromatic heterocycles. The van der Waals surface area contributed by atoms with Crippen LogP contribution in [0, 0.1) is 11.3 Å². The van der Waals surface area contributed by atoms with Gasteiger partial charge in [0, 0.05) is 4.75 Å². The van der Waals surface area contributed by atoms with E-state index in [1.165, 1.54) is 38.5 Å². The van der Waals surface area contributed by atoms with E-state index in [0.29, 0.717) is 10.2 Å². The molecule has 1 aliphatic rings. The minimum atomic E-state index is 0.351. The Kier molecular flexibility index (Phi) is 3.96. The minimum absolute atomic E-state index is 0.351. The summed E-state index contributed by atoms with van der Waals surface area (Å²) in [6.45, 7) is 9.26. The second kappa shape index (κ2) is 4.47. The summed E-state index contributed by atoms with van der Waals surface area (Å²) in [5.74, 6) is 0.729. The molecule has 0 aromatic carbocycles. The molecular formula is C13H26S. The summed E-state index contributed by atoms with van der Waals surface area (Å²) < 4.78 is 0.351. The summed E-state index contributed by atoms with van der Waals surface area (Å²) in [4.78, 5) is 0. The lowest BCUT2D eigenvalue weighted by atomic mass is 9.55. The fourth-order valence-corrected chi connectivity index (χ4v) is 3.48. The molecule has 1 aliphatic carbocycles. The van der Waals surface area contributed by atoms with E-state index >= 15 is 0 Å². The molecular weight excluding hydrogens is 188 g/mol. The molecule has 14 heavy (non-hydrogen) atoms. The van der Waals surface area contributed by atoms with E-state index in [4.69, 9.17) is 12.6 Å². The Labute approximate surface area is 95.3 Å². The maximum absolute atomic E-state index is 4.86. The van der Waals surface area contributed by atoms with Crippen molar-refractivity contribution in [3.8, 4) is 0 Å². The number of hydrogen-bond donors (Lipinski definition) is 1. The van der Waals surface area contributed by atoms with E-state index in [1.807, 2.05) is 0 Å². The summed E-state index contributed by atoms with van der Waals surface area (Å²) in [6.07, 6.45) is 8.20. The van der Waals surface area contributed by atoms with Crippen LogP contribution in [0.2, 0.25) is 0 Å². The monoisotopic (exact) mass is 214 g/mol. The summed E-state index contributed by atoms with van der Waals surface area (Å²) in [5.41, 5.74) is 0.655. The number of rotatable bonds is 5. The molecule has 0 aromatic rings. The zero-order valence-electron chi connectivity index (χ0n) is 10.3. The maximum atomic E-state index is 4.86. The Morgan fingerprint density at radius 3 is 2.14 bits per heavy atom. The van der Waals surface area contributed by atoms with Gasteiger partial charge in [-0.3, -0.25) is 0 Å². The molecule has 0 heterocycles. The van der Waals surface area contributed by atoms with Crippen molar-refractivity contribution in [2.24, 2.45) is 11.3 Å². The van der Waals surface area contributed by atoms with E-state index in [2.05, 4.69) is 27.7 Å². The molecule has 1 rings (SSSR count). The SMILES string of the molecule is CCCCC1(CC)CC(S)(C(C)C)C1. The van der Waals surface area contributed by atoms with Gasteiger partial charge in [-0.1, -0.05) is 47.0 Å². The van der Waals surface area contributed by atoms with Gasteiger partial charge in [-0.2, -0.15) is 12.6 Å². The van der Waals surface area contributed by atoms with E-state index in [9.17, 15) is 0 Å². The highest BCUT2D eigenvalue weighted by molar-refractivity contribution is 7.81. The minimum Gasteiger partial charge on any atom is -0.172 e. The fraction of sp³-hybridized carbons (Fsp3) is 1.00. The largest absolute Gasteiger partial charge is 0.172 e. The average Bonchev–Trinajstić information content (AvgIpc) is 2.10. The Bertz CT molecular complexity index is 178. The molecule has 0 radical (unpaired) electrons. The molecule has 0 atom stereocenters. The van der Waals surface area contributed by atoms with Gasteiger partial charge in [0.25, 0.3) is 0 Å². The molecule has 1 fully saturated rings. The zero-order chi connectivity index (χ0) is 10.8. The Morgan fingerprint density at radius 2 is 1.79 bits per heavy atom. The first kappa shape index (κ1) is 12.4. The fourth-order valence-electron chi connectivity index (χ4n) is 2.81. The van der Waals surface area contributed by atoms with Gasteiger partial charge in [-0.15, -0.1) is 0 Å². The third-order valence-corrected chi connectivity index (χ3v) is 5.08. The van der Waals surface area contributed by atoms with Crippen LogP contribution in [0.3, 0.4) is 0 Å². The lowest BCUT2D eigenvalue weighted by Crippen LogP contribution is -2.51. The van der Waals surface area contributed by atoms with Crippen LogP contribution in [0.25, 0.3) is 0 Å². The molecule has 0 saturated heterocycles. The number of unbranched alkanes of at least 4 members (excludes halogenated alkanes) is 1. The van der Waals surface area contributed by atoms with E-state index < -0.39 is 0 Å². The summed E-state index contributed by atoms with van der Waals surface area (Å²) in [7, 11) is 0. The van der Waals surface area contributed by atoms with Gasteiger partial charge in [-0.25, -0.2) is 0 Å². The van der Waals surface area contributed by atoms with Crippen LogP contribution in [0.4, 0.5) is 0 Å². The molecule has 84 valence electrons. The van der Waals surface area contributed by atoms with Crippen LogP contribution in [0.15, 0.2) is 0 Å². The van der Waals surface area contributed by atoms with Crippen molar-refractivity contribution in [3.63, 3.8) is 0 Å². The third-order valence-electron chi connectivity index (χ3n) is 4.25. The van der Waals surface area contributed by atoms with Crippen LogP contribution >= 0.6 is 12.6 Å². The van der Waals surface area contributed by atoms with Gasteiger partial charge in [0.1, 0.15) is 0 Å². The van der Waals surface area contributed by atoms with Crippen molar-refractivity contribution in [2.75, 3.05) is 0 Å². The van der Waals surface area contributed by atoms with Gasteiger partial charge in [-0.05, 0) is 30.6 Å². The first-order valence-electron chi connectivity index (χ1n) is 6.20. The number of hydrogen-bond acceptors (Lipinski definition) is 1. The Balaban J connectivity index is 2.47. The van der Waals surface area contributed by atoms with Gasteiger partial charge in [0.2, 0.25) is 0 Å². The van der Waals surface area contributed by atoms with Gasteiger partial charge < -0.3 is 0 Å². The van der Waals surface area contributed by atoms with E-state index in [0.717, 1.165) is 5.92 Å². The standard InChI is InChI=1S/C13H26S/c1-5-7-8-12(6-2)9-13(14,10-12)11(3)4/h11,14H,5-10H2,1-4H3. The summed E-state index contributed by atoms with van der Waals surface area (Å²) >= 11 is 4.86. The zero-order valence-corrected chi connectivity index (χ0v) is 11.2. The van der Waals surface area contributed by atoms with Crippen molar-refractivity contribution >= 4 is 12.6 Å². The molecule has 0 unspecified atom stereocenters. The highest BCUT2D eigenvalue weighted by Crippen LogP contribution is 2.59. The normalized spacial score (nSPS) is 37.3. The van der Waals surface area contributed by atoms with Crippen LogP contribution in [0.1, 0.15) is 66.2 Å². The molecule has 1 heteroatoms. The summed E-state index contributed by atoms with van der Waals surface area (Å²) in [6, 6.07) is 0. The molecule has 0 N–H and O–H groups in total. The van der Waals surface area contributed by atoms with Crippen LogP contribution in [0.5, 0.6) is 0 Å². The molecule has 0 nitrogen and oxygen atoms in total. The van der Waals surface area contributed by atoms with Crippen molar-refractivity contribution < 1.29 is 0 Å². The summed E-state index contributed by atoms with van der Waals surface area (Å²) in [5, 5.41) is 0. The second-order valence-corrected chi connectivity index (χ2v) is 6.46. The topological polar surface area (TPSA) is 0 Å². The molecule has 0 aliphatic heterocycles. The van der Waals surface area contributed by atoms with Gasteiger partial charge in [0.05, 0.1) is 0 Å². The van der Waals surface area contributed by atoms with Crippen molar-refractivity contribution in [3.05, 3.63) is 0 Å². The van der Waals surface area contributed by atoms with Crippen molar-refractivity contribution in [2.45, 2.75) is 71.0 Å². The van der Waals surface area contributed by atoms with E-state index in [-0.39, 0.29) is 0 Å². The third kappa shape index (κ3) is 2.29. The lowest BCUT2D eigenvalue weighted by Gasteiger charge is -2.56. The molecule has 1 saturated carbocycles. The maximum Gasteiger partial charge on any atom is 0.0163 e. The van der Waals surface area contributed by atoms with Crippen molar-refractivity contribution in [1.82, 2.24) is 0 Å². The highest BCUT2D eigenvalue weighted by atomic mass is 32.1. The Hall–Kier alpha value is 0.350. The first-order chi connectivity index (χ1) is 6.48. The highest BCUT2D eigenvalue weighted by Gasteiger charge is 2.52. The second-order valence-electron chi connectivity index (χ2n) is 5.57. The van der Waals surface area contributed by atoms with E-state index in [1.54, 1.807) is 0 Å². The van der Waals surface area contributed by atoms with Gasteiger partial charge >= 0.3 is 0 Å². The molecule has 0 spiro atoms. The van der Waals surface area contributed by atoms with Crippen LogP contribution in [-0.4, -0.2) is 4.75 Å². The predicted molar refractivity (Wildman–Crippen MR) is 68.0 cm³/mol. The van der Waals surface area contributed by atoms with Crippen molar-refractivity contribution in [1.29, 1.82) is 0 Å². The average molecular weight is 214 g/mol. The van der Waals surface area contributed by atoms with Gasteiger partial charge in [0.15, 0.2) is 0 Å². The van der Waals surface area contributed by atoms with Crippen LogP contribution in [-0.2, 0) is 0 Å². The molecule has 0 bridgehead atoms. The smallest absolute Gasteiger partial charge is 0.0163 e. The number of thiol groups is 1. The van der Waals surface area contributed by atoms with Crippen LogP contribution < -0.4 is 0 Å². The first-order valence-corrected chi connectivity index (χ1v) is 6.65. The Morgan fingerprint density at radius 1 is 1.21 bits per heavy atom.